The van der Waals surface area contributed by atoms with Gasteiger partial charge in [0.1, 0.15) is 5.84 Å². The lowest BCUT2D eigenvalue weighted by atomic mass is 10.1. The normalized spacial score (nSPS) is 11.6. The minimum Gasteiger partial charge on any atom is -0.392 e. The second kappa shape index (κ2) is 9.43. The lowest BCUT2D eigenvalue weighted by molar-refractivity contribution is 0.1000. The molecule has 146 valence electrons. The first-order valence-corrected chi connectivity index (χ1v) is 9.11. The Balaban J connectivity index is 1.91. The van der Waals surface area contributed by atoms with Crippen LogP contribution in [0.4, 0.5) is 11.4 Å². The quantitative estimate of drug-likeness (QED) is 0.447. The second-order valence-corrected chi connectivity index (χ2v) is 6.26. The van der Waals surface area contributed by atoms with Gasteiger partial charge in [0.2, 0.25) is 5.91 Å². The molecule has 3 aromatic carbocycles. The molecule has 0 bridgehead atoms. The zero-order valence-electron chi connectivity index (χ0n) is 16.0. The topological polar surface area (TPSA) is 100 Å². The Morgan fingerprint density at radius 3 is 2.41 bits per heavy atom. The van der Waals surface area contributed by atoms with Crippen molar-refractivity contribution in [1.29, 1.82) is 0 Å². The number of aliphatic hydroxyl groups is 1. The Morgan fingerprint density at radius 1 is 1.00 bits per heavy atom. The van der Waals surface area contributed by atoms with Gasteiger partial charge in [0.05, 0.1) is 18.0 Å². The molecule has 0 aromatic heterocycles. The van der Waals surface area contributed by atoms with Gasteiger partial charge in [-0.2, -0.15) is 0 Å². The fourth-order valence-electron chi connectivity index (χ4n) is 2.89. The highest BCUT2D eigenvalue weighted by molar-refractivity contribution is 6.02. The predicted octanol–water partition coefficient (Wildman–Crippen LogP) is 3.33. The number of nitrogens with one attached hydrogen (secondary N) is 1. The molecule has 0 radical (unpaired) electrons. The van der Waals surface area contributed by atoms with E-state index in [1.165, 1.54) is 0 Å². The van der Waals surface area contributed by atoms with Crippen molar-refractivity contribution in [3.05, 3.63) is 95.1 Å². The number of nitrogens with two attached hydrogens (primary N) is 1. The van der Waals surface area contributed by atoms with E-state index in [0.29, 0.717) is 28.3 Å². The maximum atomic E-state index is 11.5. The van der Waals surface area contributed by atoms with Gasteiger partial charge in [-0.3, -0.25) is 9.79 Å². The number of carbonyl (C=O) groups is 1. The molecule has 0 saturated heterocycles. The maximum Gasteiger partial charge on any atom is 0.249 e. The van der Waals surface area contributed by atoms with E-state index in [4.69, 9.17) is 5.73 Å². The molecular formula is C23H22N4O2. The van der Waals surface area contributed by atoms with E-state index in [-0.39, 0.29) is 6.61 Å². The van der Waals surface area contributed by atoms with Crippen molar-refractivity contribution in [2.75, 3.05) is 7.05 Å². The minimum atomic E-state index is -0.494. The van der Waals surface area contributed by atoms with E-state index >= 15 is 0 Å². The fourth-order valence-corrected chi connectivity index (χ4v) is 2.89. The number of aliphatic hydroxyl groups excluding tert-OH is 1. The Kier molecular flexibility index (Phi) is 6.50. The average molecular weight is 386 g/mol. The highest BCUT2D eigenvalue weighted by atomic mass is 16.3. The Hall–Kier alpha value is -3.77. The monoisotopic (exact) mass is 386 g/mol. The van der Waals surface area contributed by atoms with E-state index in [1.807, 2.05) is 54.6 Å². The number of hydrogen-bond donors (Lipinski definition) is 3. The molecule has 6 heteroatoms. The third kappa shape index (κ3) is 4.94. The van der Waals surface area contributed by atoms with Crippen LogP contribution >= 0.6 is 0 Å². The van der Waals surface area contributed by atoms with Crippen LogP contribution in [0.5, 0.6) is 0 Å². The van der Waals surface area contributed by atoms with Crippen molar-refractivity contribution in [3.8, 4) is 0 Å². The number of nitrogens with zero attached hydrogens (tertiary/aromatic N) is 2. The number of hydrogen-bond acceptors (Lipinski definition) is 4. The molecule has 0 aliphatic rings. The van der Waals surface area contributed by atoms with E-state index < -0.39 is 5.91 Å². The molecular weight excluding hydrogens is 364 g/mol. The molecule has 1 amide bonds. The highest BCUT2D eigenvalue weighted by Crippen LogP contribution is 2.22. The van der Waals surface area contributed by atoms with Gasteiger partial charge in [0.15, 0.2) is 0 Å². The van der Waals surface area contributed by atoms with Crippen molar-refractivity contribution in [1.82, 2.24) is 5.32 Å². The molecule has 0 atom stereocenters. The van der Waals surface area contributed by atoms with E-state index in [0.717, 1.165) is 11.1 Å². The Morgan fingerprint density at radius 2 is 1.69 bits per heavy atom. The summed E-state index contributed by atoms with van der Waals surface area (Å²) < 4.78 is 0. The molecule has 0 heterocycles. The highest BCUT2D eigenvalue weighted by Gasteiger charge is 2.08. The van der Waals surface area contributed by atoms with Gasteiger partial charge in [-0.1, -0.05) is 48.5 Å². The Bertz CT molecular complexity index is 1070. The van der Waals surface area contributed by atoms with Crippen LogP contribution in [0, 0.1) is 0 Å². The molecule has 3 aromatic rings. The summed E-state index contributed by atoms with van der Waals surface area (Å²) in [5.74, 6) is 0.154. The number of aliphatic imine (C=N–C) groups is 2. The van der Waals surface area contributed by atoms with Crippen LogP contribution in [0.3, 0.4) is 0 Å². The van der Waals surface area contributed by atoms with Crippen LogP contribution in [-0.4, -0.2) is 30.1 Å². The van der Waals surface area contributed by atoms with E-state index in [9.17, 15) is 9.90 Å². The number of primary amides is 1. The molecule has 4 N–H and O–H groups in total. The first-order valence-electron chi connectivity index (χ1n) is 9.11. The number of amides is 1. The number of carbonyl (C=O) groups excluding carboxylic acids is 1. The number of benzene rings is 3. The predicted molar refractivity (Wildman–Crippen MR) is 116 cm³/mol. The van der Waals surface area contributed by atoms with Crippen molar-refractivity contribution in [2.24, 2.45) is 15.7 Å². The summed E-state index contributed by atoms with van der Waals surface area (Å²) in [7, 11) is 1.79. The van der Waals surface area contributed by atoms with Crippen LogP contribution in [0.1, 0.15) is 27.0 Å². The van der Waals surface area contributed by atoms with Gasteiger partial charge in [0, 0.05) is 30.0 Å². The molecule has 0 spiro atoms. The molecule has 0 aliphatic carbocycles. The lowest BCUT2D eigenvalue weighted by Gasteiger charge is -2.10. The van der Waals surface area contributed by atoms with Crippen molar-refractivity contribution in [3.63, 3.8) is 0 Å². The van der Waals surface area contributed by atoms with Gasteiger partial charge >= 0.3 is 0 Å². The largest absolute Gasteiger partial charge is 0.392 e. The number of amidine groups is 1. The molecule has 0 unspecified atom stereocenters. The van der Waals surface area contributed by atoms with E-state index in [1.54, 1.807) is 31.5 Å². The smallest absolute Gasteiger partial charge is 0.249 e. The maximum absolute atomic E-state index is 11.5. The first kappa shape index (κ1) is 20.0. The number of rotatable bonds is 6. The lowest BCUT2D eigenvalue weighted by Crippen LogP contribution is -2.20. The SMILES string of the molecule is CN/C(=N\c1cccc(/N=C/c2ccccc2C(N)=O)c1)c1ccccc1CO. The second-order valence-electron chi connectivity index (χ2n) is 6.26. The summed E-state index contributed by atoms with van der Waals surface area (Å²) in [4.78, 5) is 20.7. The zero-order valence-corrected chi connectivity index (χ0v) is 16.0. The summed E-state index contributed by atoms with van der Waals surface area (Å²) in [6.45, 7) is -0.0690. The summed E-state index contributed by atoms with van der Waals surface area (Å²) in [5.41, 5.74) is 9.51. The van der Waals surface area contributed by atoms with Crippen LogP contribution in [0.2, 0.25) is 0 Å². The molecule has 0 fully saturated rings. The van der Waals surface area contributed by atoms with Crippen LogP contribution in [-0.2, 0) is 6.61 Å². The van der Waals surface area contributed by atoms with E-state index in [2.05, 4.69) is 15.3 Å². The average Bonchev–Trinajstić information content (AvgIpc) is 2.76. The van der Waals surface area contributed by atoms with Crippen molar-refractivity contribution >= 4 is 29.3 Å². The molecule has 0 saturated carbocycles. The molecule has 3 rings (SSSR count). The summed E-state index contributed by atoms with van der Waals surface area (Å²) >= 11 is 0. The van der Waals surface area contributed by atoms with Gasteiger partial charge < -0.3 is 16.2 Å². The van der Waals surface area contributed by atoms with Gasteiger partial charge in [-0.25, -0.2) is 4.99 Å². The third-order valence-corrected chi connectivity index (χ3v) is 4.33. The molecule has 6 nitrogen and oxygen atoms in total. The first-order chi connectivity index (χ1) is 14.1. The van der Waals surface area contributed by atoms with Crippen LogP contribution in [0.25, 0.3) is 0 Å². The standard InChI is InChI=1S/C23H22N4O2/c1-25-23(21-12-5-3-8-17(21)15-28)27-19-10-6-9-18(13-19)26-14-16-7-2-4-11-20(16)22(24)29/h2-14,28H,15H2,1H3,(H2,24,29)(H,25,27)/b26-14+. The van der Waals surface area contributed by atoms with Crippen molar-refractivity contribution in [2.45, 2.75) is 6.61 Å². The van der Waals surface area contributed by atoms with Crippen molar-refractivity contribution < 1.29 is 9.90 Å². The van der Waals surface area contributed by atoms with Gasteiger partial charge in [0.25, 0.3) is 0 Å². The molecule has 0 aliphatic heterocycles. The Labute approximate surface area is 169 Å². The van der Waals surface area contributed by atoms with Crippen LogP contribution in [0.15, 0.2) is 82.8 Å². The van der Waals surface area contributed by atoms with Gasteiger partial charge in [-0.05, 0) is 29.8 Å². The fraction of sp³-hybridized carbons (Fsp3) is 0.0870. The summed E-state index contributed by atoms with van der Waals surface area (Å²) in [5, 5.41) is 12.7. The zero-order chi connectivity index (χ0) is 20.6. The van der Waals surface area contributed by atoms with Crippen LogP contribution < -0.4 is 11.1 Å². The van der Waals surface area contributed by atoms with Gasteiger partial charge in [-0.15, -0.1) is 0 Å². The minimum absolute atomic E-state index is 0.0690. The molecule has 29 heavy (non-hydrogen) atoms. The third-order valence-electron chi connectivity index (χ3n) is 4.33. The summed E-state index contributed by atoms with van der Waals surface area (Å²) in [6, 6.07) is 22.0. The summed E-state index contributed by atoms with van der Waals surface area (Å²) in [6.07, 6.45) is 1.61.